The summed E-state index contributed by atoms with van der Waals surface area (Å²) in [7, 11) is 1.47. The van der Waals surface area contributed by atoms with Crippen molar-refractivity contribution in [3.05, 3.63) is 29.8 Å². The van der Waals surface area contributed by atoms with Crippen LogP contribution in [0, 0.1) is 17.8 Å². The molecule has 0 heterocycles. The van der Waals surface area contributed by atoms with Gasteiger partial charge in [0.05, 0.1) is 19.6 Å². The molecular formula is C19H25IO3. The number of ether oxygens (including phenoxy) is 2. The van der Waals surface area contributed by atoms with Crippen molar-refractivity contribution in [1.82, 2.24) is 0 Å². The van der Waals surface area contributed by atoms with Crippen molar-refractivity contribution < 1.29 is 14.3 Å². The number of benzene rings is 1. The monoisotopic (exact) mass is 428 g/mol. The number of halogens is 1. The molecule has 2 atom stereocenters. The Hall–Kier alpha value is -0.780. The van der Waals surface area contributed by atoms with Gasteiger partial charge in [-0.2, -0.15) is 0 Å². The fraction of sp³-hybridized carbons (Fsp3) is 0.632. The van der Waals surface area contributed by atoms with Gasteiger partial charge < -0.3 is 9.47 Å². The molecule has 3 nitrogen and oxygen atoms in total. The normalized spacial score (nSPS) is 26.0. The molecule has 3 rings (SSSR count). The first-order valence-electron chi connectivity index (χ1n) is 8.53. The summed E-state index contributed by atoms with van der Waals surface area (Å²) < 4.78 is 11.8. The lowest BCUT2D eigenvalue weighted by Gasteiger charge is -2.31. The number of methoxy groups -OCH3 is 1. The lowest BCUT2D eigenvalue weighted by Crippen LogP contribution is -2.28. The first kappa shape index (κ1) is 17.1. The van der Waals surface area contributed by atoms with Crippen LogP contribution in [0.5, 0.6) is 5.75 Å². The first-order chi connectivity index (χ1) is 11.1. The highest BCUT2D eigenvalue weighted by Gasteiger charge is 2.39. The van der Waals surface area contributed by atoms with E-state index in [1.807, 2.05) is 19.1 Å². The van der Waals surface area contributed by atoms with Crippen LogP contribution in [0.3, 0.4) is 0 Å². The van der Waals surface area contributed by atoms with E-state index >= 15 is 0 Å². The van der Waals surface area contributed by atoms with Gasteiger partial charge in [0.1, 0.15) is 5.75 Å². The summed E-state index contributed by atoms with van der Waals surface area (Å²) in [6.07, 6.45) is 4.95. The Morgan fingerprint density at radius 3 is 2.70 bits per heavy atom. The van der Waals surface area contributed by atoms with Gasteiger partial charge in [0.2, 0.25) is 0 Å². The highest BCUT2D eigenvalue weighted by atomic mass is 127. The molecule has 0 aromatic heterocycles. The zero-order chi connectivity index (χ0) is 16.4. The minimum Gasteiger partial charge on any atom is -0.493 e. The predicted octanol–water partition coefficient (Wildman–Crippen LogP) is 4.58. The summed E-state index contributed by atoms with van der Waals surface area (Å²) in [6, 6.07) is 8.32. The molecule has 0 spiro atoms. The molecule has 0 amide bonds. The molecule has 0 aliphatic heterocycles. The summed E-state index contributed by atoms with van der Waals surface area (Å²) in [6.45, 7) is 2.79. The van der Waals surface area contributed by atoms with Crippen LogP contribution in [0.1, 0.15) is 44.1 Å². The highest BCUT2D eigenvalue weighted by molar-refractivity contribution is 14.1. The molecule has 1 aromatic carbocycles. The van der Waals surface area contributed by atoms with Gasteiger partial charge in [0.15, 0.2) is 0 Å². The Bertz CT molecular complexity index is 549. The number of alkyl halides is 1. The number of hydrogen-bond acceptors (Lipinski definition) is 3. The quantitative estimate of drug-likeness (QED) is 0.362. The largest absolute Gasteiger partial charge is 0.493 e. The van der Waals surface area contributed by atoms with Crippen molar-refractivity contribution in [2.75, 3.05) is 13.7 Å². The Labute approximate surface area is 152 Å². The Kier molecular flexibility index (Phi) is 5.49. The average molecular weight is 428 g/mol. The number of carbonyl (C=O) groups is 1. The molecule has 0 radical (unpaired) electrons. The molecule has 126 valence electrons. The second-order valence-corrected chi connectivity index (χ2v) is 8.75. The van der Waals surface area contributed by atoms with Crippen LogP contribution < -0.4 is 4.74 Å². The maximum atomic E-state index is 12.0. The van der Waals surface area contributed by atoms with Crippen LogP contribution in [0.2, 0.25) is 0 Å². The molecule has 2 saturated carbocycles. The SMILES string of the molecule is COC(=O)[C@@H](C)[C@H](c1cccc(OCC2CC(I)C2)c1)C1CC1. The molecule has 0 bridgehead atoms. The molecule has 4 heteroatoms. The number of esters is 1. The third kappa shape index (κ3) is 4.20. The Morgan fingerprint density at radius 1 is 1.35 bits per heavy atom. The molecule has 0 saturated heterocycles. The minimum absolute atomic E-state index is 0.103. The third-order valence-corrected chi connectivity index (χ3v) is 6.17. The fourth-order valence-electron chi connectivity index (χ4n) is 3.57. The molecular weight excluding hydrogens is 403 g/mol. The van der Waals surface area contributed by atoms with Crippen molar-refractivity contribution in [2.24, 2.45) is 17.8 Å². The van der Waals surface area contributed by atoms with E-state index in [-0.39, 0.29) is 17.8 Å². The number of rotatable bonds is 7. The molecule has 0 N–H and O–H groups in total. The van der Waals surface area contributed by atoms with Crippen molar-refractivity contribution >= 4 is 28.6 Å². The van der Waals surface area contributed by atoms with Crippen LogP contribution in [0.25, 0.3) is 0 Å². The van der Waals surface area contributed by atoms with E-state index in [0.29, 0.717) is 11.8 Å². The van der Waals surface area contributed by atoms with Crippen LogP contribution in [0.4, 0.5) is 0 Å². The van der Waals surface area contributed by atoms with Crippen LogP contribution in [0.15, 0.2) is 24.3 Å². The summed E-state index contributed by atoms with van der Waals surface area (Å²) in [5.41, 5.74) is 1.21. The van der Waals surface area contributed by atoms with Gasteiger partial charge in [0.25, 0.3) is 0 Å². The van der Waals surface area contributed by atoms with Gasteiger partial charge in [-0.25, -0.2) is 0 Å². The summed E-state index contributed by atoms with van der Waals surface area (Å²) >= 11 is 2.51. The van der Waals surface area contributed by atoms with Crippen molar-refractivity contribution in [2.45, 2.75) is 42.4 Å². The van der Waals surface area contributed by atoms with Gasteiger partial charge in [-0.15, -0.1) is 0 Å². The zero-order valence-electron chi connectivity index (χ0n) is 13.8. The smallest absolute Gasteiger partial charge is 0.309 e. The molecule has 0 unspecified atom stereocenters. The Balaban J connectivity index is 1.67. The van der Waals surface area contributed by atoms with E-state index in [1.54, 1.807) is 0 Å². The summed E-state index contributed by atoms with van der Waals surface area (Å²) in [5.74, 6) is 2.26. The molecule has 2 fully saturated rings. The second kappa shape index (κ2) is 7.41. The number of carbonyl (C=O) groups excluding carboxylic acids is 1. The maximum Gasteiger partial charge on any atom is 0.309 e. The lowest BCUT2D eigenvalue weighted by molar-refractivity contribution is -0.145. The highest BCUT2D eigenvalue weighted by Crippen LogP contribution is 2.47. The molecule has 2 aliphatic carbocycles. The first-order valence-corrected chi connectivity index (χ1v) is 9.77. The van der Waals surface area contributed by atoms with Gasteiger partial charge >= 0.3 is 5.97 Å². The van der Waals surface area contributed by atoms with Gasteiger partial charge in [-0.05, 0) is 61.1 Å². The van der Waals surface area contributed by atoms with Crippen molar-refractivity contribution in [3.63, 3.8) is 0 Å². The van der Waals surface area contributed by atoms with Crippen LogP contribution in [-0.2, 0) is 9.53 Å². The van der Waals surface area contributed by atoms with E-state index < -0.39 is 0 Å². The summed E-state index contributed by atoms with van der Waals surface area (Å²) in [5, 5.41) is 0. The van der Waals surface area contributed by atoms with Crippen LogP contribution in [-0.4, -0.2) is 23.6 Å². The third-order valence-electron chi connectivity index (χ3n) is 5.15. The maximum absolute atomic E-state index is 12.0. The van der Waals surface area contributed by atoms with Gasteiger partial charge in [0, 0.05) is 3.92 Å². The van der Waals surface area contributed by atoms with E-state index in [4.69, 9.17) is 9.47 Å². The van der Waals surface area contributed by atoms with Crippen molar-refractivity contribution in [1.29, 1.82) is 0 Å². The number of hydrogen-bond donors (Lipinski definition) is 0. The van der Waals surface area contributed by atoms with E-state index in [1.165, 1.54) is 38.4 Å². The van der Waals surface area contributed by atoms with E-state index in [2.05, 4.69) is 34.7 Å². The average Bonchev–Trinajstić information content (AvgIpc) is 3.35. The summed E-state index contributed by atoms with van der Waals surface area (Å²) in [4.78, 5) is 12.0. The predicted molar refractivity (Wildman–Crippen MR) is 99.1 cm³/mol. The second-order valence-electron chi connectivity index (χ2n) is 6.99. The van der Waals surface area contributed by atoms with E-state index in [9.17, 15) is 4.79 Å². The fourth-order valence-corrected chi connectivity index (χ4v) is 5.01. The zero-order valence-corrected chi connectivity index (χ0v) is 16.0. The molecule has 23 heavy (non-hydrogen) atoms. The van der Waals surface area contributed by atoms with Crippen LogP contribution >= 0.6 is 22.6 Å². The standard InChI is InChI=1S/C19H25IO3/c1-12(19(21)22-2)18(14-6-7-14)15-4-3-5-17(10-15)23-11-13-8-16(20)9-13/h3-5,10,12-14,16,18H,6-9,11H2,1-2H3/t12-,13?,16?,18-/m0/s1. The van der Waals surface area contributed by atoms with Gasteiger partial charge in [-0.1, -0.05) is 41.6 Å². The molecule has 2 aliphatic rings. The van der Waals surface area contributed by atoms with Gasteiger partial charge in [-0.3, -0.25) is 4.79 Å². The minimum atomic E-state index is -0.115. The van der Waals surface area contributed by atoms with Crippen molar-refractivity contribution in [3.8, 4) is 5.75 Å². The van der Waals surface area contributed by atoms with E-state index in [0.717, 1.165) is 16.3 Å². The topological polar surface area (TPSA) is 35.5 Å². The lowest BCUT2D eigenvalue weighted by atomic mass is 9.83. The molecule has 1 aromatic rings. The Morgan fingerprint density at radius 2 is 2.09 bits per heavy atom.